The molecule has 1 aromatic carbocycles. The zero-order valence-electron chi connectivity index (χ0n) is 12.4. The first-order valence-electron chi connectivity index (χ1n) is 6.88. The predicted octanol–water partition coefficient (Wildman–Crippen LogP) is 3.00. The zero-order chi connectivity index (χ0) is 18.7. The Kier molecular flexibility index (Phi) is 6.15. The van der Waals surface area contributed by atoms with E-state index in [2.05, 4.69) is 0 Å². The van der Waals surface area contributed by atoms with Gasteiger partial charge in [0.25, 0.3) is 5.91 Å². The Morgan fingerprint density at radius 1 is 1.40 bits per heavy atom. The molecule has 25 heavy (non-hydrogen) atoms. The number of hydrogen-bond donors (Lipinski definition) is 2. The van der Waals surface area contributed by atoms with Crippen molar-refractivity contribution in [1.29, 1.82) is 0 Å². The molecule has 132 valence electrons. The molecule has 1 atom stereocenters. The van der Waals surface area contributed by atoms with Gasteiger partial charge in [-0.05, 0) is 24.6 Å². The standard InChI is InChI=1S/C15H11ClFNO5S2/c16-8-2-1-3-9(17)7(8)6-11-13(21)18(15(24)25-11)10(14(22)23)4-5-12(19)20/h1-3,6,10H,4-5H2,(H,19,20)(H,22,23)/b11-6-/t10-/m0/s1. The van der Waals surface area contributed by atoms with E-state index in [0.717, 1.165) is 16.7 Å². The Balaban J connectivity index is 2.34. The molecule has 0 radical (unpaired) electrons. The first-order valence-corrected chi connectivity index (χ1v) is 8.48. The summed E-state index contributed by atoms with van der Waals surface area (Å²) in [6, 6.07) is 2.62. The lowest BCUT2D eigenvalue weighted by molar-refractivity contribution is -0.146. The minimum absolute atomic E-state index is 0.0120. The number of rotatable bonds is 6. The second-order valence-electron chi connectivity index (χ2n) is 4.97. The summed E-state index contributed by atoms with van der Waals surface area (Å²) >= 11 is 11.8. The smallest absolute Gasteiger partial charge is 0.326 e. The molecule has 0 spiro atoms. The number of hydrogen-bond acceptors (Lipinski definition) is 5. The molecule has 1 aliphatic heterocycles. The van der Waals surface area contributed by atoms with Gasteiger partial charge in [-0.1, -0.05) is 41.6 Å². The number of carbonyl (C=O) groups is 3. The van der Waals surface area contributed by atoms with Crippen molar-refractivity contribution in [1.82, 2.24) is 4.90 Å². The van der Waals surface area contributed by atoms with Gasteiger partial charge in [-0.25, -0.2) is 9.18 Å². The van der Waals surface area contributed by atoms with Crippen molar-refractivity contribution < 1.29 is 29.0 Å². The molecule has 1 amide bonds. The molecule has 1 heterocycles. The number of thiocarbonyl (C=S) groups is 1. The van der Waals surface area contributed by atoms with E-state index in [-0.39, 0.29) is 26.2 Å². The Labute approximate surface area is 156 Å². The molecule has 2 N–H and O–H groups in total. The van der Waals surface area contributed by atoms with Crippen LogP contribution in [-0.2, 0) is 14.4 Å². The van der Waals surface area contributed by atoms with Crippen LogP contribution in [0, 0.1) is 5.82 Å². The fourth-order valence-electron chi connectivity index (χ4n) is 2.15. The number of nitrogens with zero attached hydrogens (tertiary/aromatic N) is 1. The van der Waals surface area contributed by atoms with Crippen LogP contribution >= 0.6 is 35.6 Å². The number of carbonyl (C=O) groups excluding carboxylic acids is 1. The van der Waals surface area contributed by atoms with E-state index < -0.39 is 36.1 Å². The summed E-state index contributed by atoms with van der Waals surface area (Å²) in [4.78, 5) is 35.4. The second-order valence-corrected chi connectivity index (χ2v) is 7.06. The summed E-state index contributed by atoms with van der Waals surface area (Å²) in [5, 5.41) is 18.1. The van der Waals surface area contributed by atoms with Gasteiger partial charge in [0.05, 0.1) is 9.93 Å². The fraction of sp³-hybridized carbons (Fsp3) is 0.200. The van der Waals surface area contributed by atoms with Crippen molar-refractivity contribution in [2.45, 2.75) is 18.9 Å². The summed E-state index contributed by atoms with van der Waals surface area (Å²) in [5.41, 5.74) is -0.0120. The number of amides is 1. The normalized spacial score (nSPS) is 17.2. The molecule has 10 heteroatoms. The molecule has 6 nitrogen and oxygen atoms in total. The highest BCUT2D eigenvalue weighted by molar-refractivity contribution is 8.26. The van der Waals surface area contributed by atoms with Crippen molar-refractivity contribution in [3.05, 3.63) is 39.5 Å². The van der Waals surface area contributed by atoms with Gasteiger partial charge < -0.3 is 10.2 Å². The summed E-state index contributed by atoms with van der Waals surface area (Å²) in [7, 11) is 0. The van der Waals surface area contributed by atoms with Gasteiger partial charge in [0.1, 0.15) is 16.2 Å². The van der Waals surface area contributed by atoms with Crippen LogP contribution in [0.5, 0.6) is 0 Å². The summed E-state index contributed by atoms with van der Waals surface area (Å²) in [5.74, 6) is -3.93. The van der Waals surface area contributed by atoms with Gasteiger partial charge >= 0.3 is 11.9 Å². The topological polar surface area (TPSA) is 94.9 Å². The van der Waals surface area contributed by atoms with Gasteiger partial charge in [0.15, 0.2) is 0 Å². The highest BCUT2D eigenvalue weighted by Gasteiger charge is 2.40. The number of carboxylic acid groups (broad SMARTS) is 2. The van der Waals surface area contributed by atoms with Crippen LogP contribution in [0.15, 0.2) is 23.1 Å². The van der Waals surface area contributed by atoms with E-state index in [4.69, 9.17) is 28.9 Å². The minimum Gasteiger partial charge on any atom is -0.481 e. The van der Waals surface area contributed by atoms with Gasteiger partial charge in [-0.2, -0.15) is 0 Å². The number of aliphatic carboxylic acids is 2. The monoisotopic (exact) mass is 403 g/mol. The van der Waals surface area contributed by atoms with Crippen LogP contribution in [0.4, 0.5) is 4.39 Å². The first-order chi connectivity index (χ1) is 11.7. The maximum Gasteiger partial charge on any atom is 0.326 e. The van der Waals surface area contributed by atoms with Crippen molar-refractivity contribution in [3.8, 4) is 0 Å². The molecule has 1 aliphatic rings. The van der Waals surface area contributed by atoms with Crippen molar-refractivity contribution in [2.75, 3.05) is 0 Å². The molecule has 0 aliphatic carbocycles. The van der Waals surface area contributed by atoms with E-state index in [0.29, 0.717) is 0 Å². The average molecular weight is 404 g/mol. The largest absolute Gasteiger partial charge is 0.481 e. The van der Waals surface area contributed by atoms with Gasteiger partial charge in [0, 0.05) is 12.0 Å². The van der Waals surface area contributed by atoms with Crippen LogP contribution in [0.2, 0.25) is 5.02 Å². The molecule has 1 saturated heterocycles. The van der Waals surface area contributed by atoms with E-state index in [1.807, 2.05) is 0 Å². The van der Waals surface area contributed by atoms with E-state index >= 15 is 0 Å². The Morgan fingerprint density at radius 2 is 2.08 bits per heavy atom. The maximum atomic E-state index is 13.9. The average Bonchev–Trinajstić information content (AvgIpc) is 2.78. The van der Waals surface area contributed by atoms with Gasteiger partial charge in [-0.3, -0.25) is 14.5 Å². The maximum absolute atomic E-state index is 13.9. The molecule has 0 unspecified atom stereocenters. The van der Waals surface area contributed by atoms with E-state index in [1.165, 1.54) is 24.3 Å². The van der Waals surface area contributed by atoms with E-state index in [9.17, 15) is 23.9 Å². The molecule has 0 bridgehead atoms. The van der Waals surface area contributed by atoms with Crippen molar-refractivity contribution >= 4 is 63.8 Å². The molecule has 2 rings (SSSR count). The predicted molar refractivity (Wildman–Crippen MR) is 94.7 cm³/mol. The highest BCUT2D eigenvalue weighted by Crippen LogP contribution is 2.36. The third-order valence-electron chi connectivity index (χ3n) is 3.33. The Hall–Kier alpha value is -1.97. The van der Waals surface area contributed by atoms with E-state index in [1.54, 1.807) is 0 Å². The molecule has 0 saturated carbocycles. The van der Waals surface area contributed by atoms with Crippen LogP contribution in [-0.4, -0.2) is 43.3 Å². The number of halogens is 2. The molecule has 0 aromatic heterocycles. The summed E-state index contributed by atoms with van der Waals surface area (Å²) in [6.07, 6.45) is 0.462. The lowest BCUT2D eigenvalue weighted by Gasteiger charge is -2.22. The highest BCUT2D eigenvalue weighted by atomic mass is 35.5. The Bertz CT molecular complexity index is 778. The van der Waals surface area contributed by atoms with Crippen LogP contribution in [0.25, 0.3) is 6.08 Å². The second kappa shape index (κ2) is 7.94. The first kappa shape index (κ1) is 19.4. The third-order valence-corrected chi connectivity index (χ3v) is 4.99. The SMILES string of the molecule is O=C(O)CC[C@@H](C(=O)O)N1C(=O)/C(=C/c2c(F)cccc2Cl)SC1=S. The number of thioether (sulfide) groups is 1. The minimum atomic E-state index is -1.41. The van der Waals surface area contributed by atoms with Crippen LogP contribution in [0.1, 0.15) is 18.4 Å². The Morgan fingerprint density at radius 3 is 2.64 bits per heavy atom. The van der Waals surface area contributed by atoms with Gasteiger partial charge in [0.2, 0.25) is 0 Å². The zero-order valence-corrected chi connectivity index (χ0v) is 14.8. The fourth-order valence-corrected chi connectivity index (χ4v) is 3.71. The molecular formula is C15H11ClFNO5S2. The van der Waals surface area contributed by atoms with Crippen molar-refractivity contribution in [2.24, 2.45) is 0 Å². The summed E-state index contributed by atoms with van der Waals surface area (Å²) in [6.45, 7) is 0. The lowest BCUT2D eigenvalue weighted by Crippen LogP contribution is -2.44. The lowest BCUT2D eigenvalue weighted by atomic mass is 10.1. The number of carboxylic acids is 2. The quantitative estimate of drug-likeness (QED) is 0.556. The third kappa shape index (κ3) is 4.36. The molecular weight excluding hydrogens is 393 g/mol. The van der Waals surface area contributed by atoms with Gasteiger partial charge in [-0.15, -0.1) is 0 Å². The summed E-state index contributed by atoms with van der Waals surface area (Å²) < 4.78 is 13.8. The van der Waals surface area contributed by atoms with Crippen LogP contribution in [0.3, 0.4) is 0 Å². The molecule has 1 fully saturated rings. The molecule has 1 aromatic rings. The van der Waals surface area contributed by atoms with Crippen molar-refractivity contribution in [3.63, 3.8) is 0 Å². The number of benzene rings is 1. The van der Waals surface area contributed by atoms with Crippen LogP contribution < -0.4 is 0 Å².